The van der Waals surface area contributed by atoms with Gasteiger partial charge in [-0.2, -0.15) is 0 Å². The molecule has 0 radical (unpaired) electrons. The Hall–Kier alpha value is 1.27. The molecule has 2 saturated carbocycles. The molecular weight excluding hydrogens is 474 g/mol. The first-order chi connectivity index (χ1) is 9.27. The van der Waals surface area contributed by atoms with E-state index in [-0.39, 0.29) is 38.4 Å². The smallest absolute Gasteiger partial charge is 0.199 e. The van der Waals surface area contributed by atoms with Gasteiger partial charge in [-0.15, -0.1) is 23.2 Å². The summed E-state index contributed by atoms with van der Waals surface area (Å²) in [5.41, 5.74) is 0. The molecule has 0 spiro atoms. The zero-order valence-electron chi connectivity index (χ0n) is 9.79. The number of carbonyl (C=O) groups excluding carboxylic acids is 1. The minimum atomic E-state index is -1.26. The highest BCUT2D eigenvalue weighted by atomic mass is 79.9. The minimum absolute atomic E-state index is 0.00564. The van der Waals surface area contributed by atoms with Crippen molar-refractivity contribution in [2.45, 2.75) is 19.4 Å². The van der Waals surface area contributed by atoms with E-state index in [0.717, 1.165) is 0 Å². The van der Waals surface area contributed by atoms with Crippen molar-refractivity contribution in [2.24, 2.45) is 23.7 Å². The Kier molecular flexibility index (Phi) is 3.13. The monoisotopic (exact) mass is 478 g/mol. The van der Waals surface area contributed by atoms with Crippen molar-refractivity contribution < 1.29 is 4.79 Å². The highest BCUT2D eigenvalue weighted by Crippen LogP contribution is 2.73. The number of halogens is 6. The average molecular weight is 482 g/mol. The van der Waals surface area contributed by atoms with Crippen LogP contribution in [-0.4, -0.2) is 25.2 Å². The predicted molar refractivity (Wildman–Crippen MR) is 89.4 cm³/mol. The molecule has 8 atom stereocenters. The Bertz CT molecular complexity index is 605. The molecule has 20 heavy (non-hydrogen) atoms. The van der Waals surface area contributed by atoms with Crippen molar-refractivity contribution in [3.63, 3.8) is 0 Å². The van der Waals surface area contributed by atoms with Crippen LogP contribution in [0.4, 0.5) is 0 Å². The fraction of sp³-hybridized carbons (Fsp3) is 0.615. The highest BCUT2D eigenvalue weighted by molar-refractivity contribution is 9.12. The lowest BCUT2D eigenvalue weighted by Crippen LogP contribution is -2.74. The van der Waals surface area contributed by atoms with Gasteiger partial charge in [0, 0.05) is 21.5 Å². The number of alkyl halides is 4. The van der Waals surface area contributed by atoms with Gasteiger partial charge < -0.3 is 0 Å². The molecule has 2 bridgehead atoms. The molecule has 0 heterocycles. The molecule has 0 N–H and O–H groups in total. The maximum absolute atomic E-state index is 12.6. The van der Waals surface area contributed by atoms with E-state index in [1.54, 1.807) is 0 Å². The SMILES string of the molecule is O=C1C(Cl)=C(Cl)[C@]2(Cl)[C@@H]3C=C[C@H]([C@@H]4[C@@H](Br)[C@@H](Br)[C@@H]43)[C@@]12Cl. The summed E-state index contributed by atoms with van der Waals surface area (Å²) in [6.45, 7) is 0. The van der Waals surface area contributed by atoms with E-state index in [2.05, 4.69) is 37.9 Å². The molecule has 0 aromatic rings. The van der Waals surface area contributed by atoms with Gasteiger partial charge in [-0.05, 0) is 11.8 Å². The van der Waals surface area contributed by atoms with Gasteiger partial charge in [-0.25, -0.2) is 0 Å². The maximum atomic E-state index is 12.6. The number of rotatable bonds is 0. The summed E-state index contributed by atoms with van der Waals surface area (Å²) in [6.07, 6.45) is 4.07. The first-order valence-corrected chi connectivity index (χ1v) is 9.57. The zero-order valence-corrected chi connectivity index (χ0v) is 16.0. The second kappa shape index (κ2) is 4.21. The van der Waals surface area contributed by atoms with E-state index in [4.69, 9.17) is 46.4 Å². The third kappa shape index (κ3) is 1.27. The van der Waals surface area contributed by atoms with Crippen LogP contribution in [0.1, 0.15) is 0 Å². The van der Waals surface area contributed by atoms with Crippen LogP contribution in [0, 0.1) is 23.7 Å². The van der Waals surface area contributed by atoms with E-state index in [9.17, 15) is 4.79 Å². The van der Waals surface area contributed by atoms with Crippen molar-refractivity contribution in [1.82, 2.24) is 0 Å². The molecule has 0 aromatic heterocycles. The number of hydrogen-bond acceptors (Lipinski definition) is 1. The van der Waals surface area contributed by atoms with Gasteiger partial charge in [-0.1, -0.05) is 67.2 Å². The van der Waals surface area contributed by atoms with Gasteiger partial charge in [-0.3, -0.25) is 4.79 Å². The second-order valence-corrected chi connectivity index (χ2v) is 9.92. The lowest BCUT2D eigenvalue weighted by atomic mass is 9.46. The first-order valence-electron chi connectivity index (χ1n) is 6.22. The van der Waals surface area contributed by atoms with Crippen LogP contribution in [-0.2, 0) is 4.79 Å². The van der Waals surface area contributed by atoms with Gasteiger partial charge >= 0.3 is 0 Å². The topological polar surface area (TPSA) is 17.1 Å². The molecule has 2 fully saturated rings. The third-order valence-corrected chi connectivity index (χ3v) is 11.0. The summed E-state index contributed by atoms with van der Waals surface area (Å²) in [5, 5.41) is 0.199. The number of ketones is 1. The summed E-state index contributed by atoms with van der Waals surface area (Å²) in [5.74, 6) is -0.0103. The molecule has 108 valence electrons. The van der Waals surface area contributed by atoms with Crippen LogP contribution >= 0.6 is 78.3 Å². The van der Waals surface area contributed by atoms with Crippen LogP contribution in [0.25, 0.3) is 0 Å². The Balaban J connectivity index is 1.96. The lowest BCUT2D eigenvalue weighted by molar-refractivity contribution is -0.122. The predicted octanol–water partition coefficient (Wildman–Crippen LogP) is 4.80. The maximum Gasteiger partial charge on any atom is 0.199 e. The molecule has 0 aromatic carbocycles. The van der Waals surface area contributed by atoms with Crippen LogP contribution < -0.4 is 0 Å². The van der Waals surface area contributed by atoms with Crippen molar-refractivity contribution in [3.8, 4) is 0 Å². The van der Waals surface area contributed by atoms with Crippen molar-refractivity contribution in [3.05, 3.63) is 22.2 Å². The van der Waals surface area contributed by atoms with Crippen LogP contribution in [0.3, 0.4) is 0 Å². The van der Waals surface area contributed by atoms with Crippen LogP contribution in [0.2, 0.25) is 0 Å². The highest BCUT2D eigenvalue weighted by Gasteiger charge is 2.79. The molecule has 5 aliphatic rings. The molecule has 7 heteroatoms. The summed E-state index contributed by atoms with van der Waals surface area (Å²) < 4.78 is 0. The van der Waals surface area contributed by atoms with E-state index >= 15 is 0 Å². The van der Waals surface area contributed by atoms with Gasteiger partial charge in [0.25, 0.3) is 0 Å². The van der Waals surface area contributed by atoms with E-state index in [0.29, 0.717) is 10.7 Å². The summed E-state index contributed by atoms with van der Waals surface area (Å²) in [6, 6.07) is 0. The number of allylic oxidation sites excluding steroid dienone is 4. The lowest BCUT2D eigenvalue weighted by Gasteiger charge is -2.66. The molecule has 5 rings (SSSR count). The van der Waals surface area contributed by atoms with Crippen molar-refractivity contribution in [2.75, 3.05) is 0 Å². The number of hydrogen-bond donors (Lipinski definition) is 0. The Labute approximate surface area is 153 Å². The fourth-order valence-corrected chi connectivity index (χ4v) is 8.33. The fourth-order valence-electron chi connectivity index (χ4n) is 4.40. The first kappa shape index (κ1) is 14.8. The van der Waals surface area contributed by atoms with Gasteiger partial charge in [0.05, 0.1) is 5.03 Å². The third-order valence-electron chi connectivity index (χ3n) is 5.33. The van der Waals surface area contributed by atoms with Crippen molar-refractivity contribution in [1.29, 1.82) is 0 Å². The zero-order chi connectivity index (χ0) is 14.6. The van der Waals surface area contributed by atoms with Gasteiger partial charge in [0.15, 0.2) is 5.78 Å². The molecule has 5 aliphatic carbocycles. The molecular formula is C13H8Br2Cl4O. The van der Waals surface area contributed by atoms with Crippen molar-refractivity contribution >= 4 is 84.0 Å². The minimum Gasteiger partial charge on any atom is -0.291 e. The normalized spacial score (nSPS) is 59.6. The molecule has 0 saturated heterocycles. The molecule has 0 unspecified atom stereocenters. The molecule has 1 nitrogen and oxygen atoms in total. The van der Waals surface area contributed by atoms with E-state index in [1.165, 1.54) is 0 Å². The van der Waals surface area contributed by atoms with E-state index < -0.39 is 9.75 Å². The van der Waals surface area contributed by atoms with Gasteiger partial charge in [0.2, 0.25) is 0 Å². The number of Topliss-reactive ketones (excluding diaryl/α,β-unsaturated/α-hetero) is 1. The standard InChI is InChI=1S/C13H8Br2Cl4O/c14-7-5-3-1-2-4(6(5)8(7)15)13(19)11(20)9(16)10(17)12(3,13)18/h1-8H/t3-,4-,5-,6+,7+,8-,12-,13-/m1/s1. The number of carbonyl (C=O) groups is 1. The Morgan fingerprint density at radius 3 is 1.90 bits per heavy atom. The summed E-state index contributed by atoms with van der Waals surface area (Å²) in [7, 11) is 0. The van der Waals surface area contributed by atoms with Crippen LogP contribution in [0.15, 0.2) is 22.2 Å². The van der Waals surface area contributed by atoms with E-state index in [1.807, 2.05) is 6.08 Å². The largest absolute Gasteiger partial charge is 0.291 e. The average Bonchev–Trinajstić information content (AvgIpc) is 2.60. The Morgan fingerprint density at radius 2 is 1.40 bits per heavy atom. The second-order valence-electron chi connectivity index (χ2n) is 5.86. The summed E-state index contributed by atoms with van der Waals surface area (Å²) >= 11 is 33.4. The molecule has 0 aliphatic heterocycles. The summed E-state index contributed by atoms with van der Waals surface area (Å²) in [4.78, 5) is 10.8. The quantitative estimate of drug-likeness (QED) is 0.359. The van der Waals surface area contributed by atoms with Gasteiger partial charge in [0.1, 0.15) is 14.8 Å². The Morgan fingerprint density at radius 1 is 0.950 bits per heavy atom. The molecule has 0 amide bonds. The van der Waals surface area contributed by atoms with Crippen LogP contribution in [0.5, 0.6) is 0 Å².